The smallest absolute Gasteiger partial charge is 0.313 e. The van der Waals surface area contributed by atoms with E-state index in [1.165, 1.54) is 5.57 Å². The molecular formula is C20H26O4. The van der Waals surface area contributed by atoms with E-state index in [1.54, 1.807) is 31.4 Å². The second kappa shape index (κ2) is 10.4. The van der Waals surface area contributed by atoms with Crippen LogP contribution in [0.1, 0.15) is 49.9 Å². The monoisotopic (exact) mass is 330 g/mol. The highest BCUT2D eigenvalue weighted by Gasteiger charge is 2.13. The highest BCUT2D eigenvalue weighted by atomic mass is 16.5. The second-order valence-corrected chi connectivity index (χ2v) is 5.87. The van der Waals surface area contributed by atoms with Gasteiger partial charge in [0.2, 0.25) is 0 Å². The predicted molar refractivity (Wildman–Crippen MR) is 95.3 cm³/mol. The van der Waals surface area contributed by atoms with E-state index in [9.17, 15) is 9.59 Å². The van der Waals surface area contributed by atoms with Gasteiger partial charge >= 0.3 is 5.97 Å². The summed E-state index contributed by atoms with van der Waals surface area (Å²) in [6.45, 7) is 8.36. The van der Waals surface area contributed by atoms with Crippen molar-refractivity contribution in [2.75, 3.05) is 13.7 Å². The molecule has 1 aromatic rings. The summed E-state index contributed by atoms with van der Waals surface area (Å²) >= 11 is 0. The van der Waals surface area contributed by atoms with E-state index in [0.29, 0.717) is 17.7 Å². The zero-order valence-corrected chi connectivity index (χ0v) is 14.8. The van der Waals surface area contributed by atoms with Crippen molar-refractivity contribution in [3.8, 4) is 5.75 Å². The normalized spacial score (nSPS) is 9.96. The van der Waals surface area contributed by atoms with Gasteiger partial charge in [0, 0.05) is 12.0 Å². The van der Waals surface area contributed by atoms with Crippen molar-refractivity contribution in [1.29, 1.82) is 0 Å². The molecule has 0 bridgehead atoms. The van der Waals surface area contributed by atoms with Crippen LogP contribution < -0.4 is 4.74 Å². The molecular weight excluding hydrogens is 304 g/mol. The Bertz CT molecular complexity index is 593. The van der Waals surface area contributed by atoms with Gasteiger partial charge in [-0.05, 0) is 51.0 Å². The van der Waals surface area contributed by atoms with Crippen LogP contribution in [0.15, 0.2) is 48.1 Å². The minimum atomic E-state index is -0.507. The van der Waals surface area contributed by atoms with Gasteiger partial charge < -0.3 is 9.47 Å². The number of methoxy groups -OCH3 is 1. The molecule has 4 nitrogen and oxygen atoms in total. The van der Waals surface area contributed by atoms with Gasteiger partial charge in [0.1, 0.15) is 12.2 Å². The Morgan fingerprint density at radius 1 is 1.12 bits per heavy atom. The molecule has 0 spiro atoms. The molecule has 0 unspecified atom stereocenters. The predicted octanol–water partition coefficient (Wildman–Crippen LogP) is 4.50. The van der Waals surface area contributed by atoms with E-state index in [1.807, 2.05) is 0 Å². The number of carbonyl (C=O) groups excluding carboxylic acids is 2. The van der Waals surface area contributed by atoms with Crippen LogP contribution in [0.3, 0.4) is 0 Å². The van der Waals surface area contributed by atoms with Gasteiger partial charge in [-0.2, -0.15) is 0 Å². The molecule has 0 radical (unpaired) electrons. The Morgan fingerprint density at radius 3 is 2.38 bits per heavy atom. The molecule has 0 heterocycles. The number of rotatable bonds is 10. The van der Waals surface area contributed by atoms with Crippen molar-refractivity contribution in [3.05, 3.63) is 53.6 Å². The standard InChI is InChI=1S/C20H26O4/c1-15(2)6-5-7-16(3)12-13-24-20(22)14-19(21)17-8-10-18(23-4)11-9-17/h6,8-11H,3,5,7,12-14H2,1-2,4H3. The number of allylic oxidation sites excluding steroid dienone is 2. The van der Waals surface area contributed by atoms with E-state index in [4.69, 9.17) is 9.47 Å². The number of ether oxygens (including phenoxy) is 2. The number of Topliss-reactive ketones (excluding diaryl/α,β-unsaturated/α-hetero) is 1. The van der Waals surface area contributed by atoms with Crippen molar-refractivity contribution in [2.24, 2.45) is 0 Å². The van der Waals surface area contributed by atoms with E-state index in [-0.39, 0.29) is 18.8 Å². The molecule has 0 amide bonds. The van der Waals surface area contributed by atoms with Crippen molar-refractivity contribution in [3.63, 3.8) is 0 Å². The highest BCUT2D eigenvalue weighted by molar-refractivity contribution is 6.05. The fourth-order valence-electron chi connectivity index (χ4n) is 2.06. The number of carbonyl (C=O) groups is 2. The SMILES string of the molecule is C=C(CCC=C(C)C)CCOC(=O)CC(=O)c1ccc(OC)cc1. The minimum Gasteiger partial charge on any atom is -0.497 e. The van der Waals surface area contributed by atoms with Crippen molar-refractivity contribution in [2.45, 2.75) is 39.5 Å². The van der Waals surface area contributed by atoms with E-state index in [2.05, 4.69) is 26.5 Å². The molecule has 0 fully saturated rings. The molecule has 1 rings (SSSR count). The van der Waals surface area contributed by atoms with Crippen LogP contribution in [-0.2, 0) is 9.53 Å². The summed E-state index contributed by atoms with van der Waals surface area (Å²) in [7, 11) is 1.56. The lowest BCUT2D eigenvalue weighted by atomic mass is 10.1. The average molecular weight is 330 g/mol. The van der Waals surface area contributed by atoms with Crippen LogP contribution in [0.25, 0.3) is 0 Å². The van der Waals surface area contributed by atoms with E-state index < -0.39 is 5.97 Å². The topological polar surface area (TPSA) is 52.6 Å². The molecule has 0 aromatic heterocycles. The summed E-state index contributed by atoms with van der Waals surface area (Å²) in [5.74, 6) is -0.0984. The molecule has 0 aliphatic rings. The summed E-state index contributed by atoms with van der Waals surface area (Å²) in [5.41, 5.74) is 2.80. The Balaban J connectivity index is 2.29. The van der Waals surface area contributed by atoms with Crippen molar-refractivity contribution >= 4 is 11.8 Å². The molecule has 0 N–H and O–H groups in total. The Morgan fingerprint density at radius 2 is 1.79 bits per heavy atom. The molecule has 24 heavy (non-hydrogen) atoms. The first kappa shape index (κ1) is 19.7. The fraction of sp³-hybridized carbons (Fsp3) is 0.400. The molecule has 0 aliphatic carbocycles. The van der Waals surface area contributed by atoms with Crippen molar-refractivity contribution in [1.82, 2.24) is 0 Å². The Hall–Kier alpha value is -2.36. The molecule has 130 valence electrons. The molecule has 0 aliphatic heterocycles. The number of benzene rings is 1. The van der Waals surface area contributed by atoms with Gasteiger partial charge in [-0.1, -0.05) is 23.8 Å². The lowest BCUT2D eigenvalue weighted by molar-refractivity contribution is -0.142. The zero-order valence-electron chi connectivity index (χ0n) is 14.8. The maximum atomic E-state index is 12.0. The van der Waals surface area contributed by atoms with E-state index in [0.717, 1.165) is 18.4 Å². The van der Waals surface area contributed by atoms with Gasteiger partial charge in [0.05, 0.1) is 13.7 Å². The van der Waals surface area contributed by atoms with Crippen LogP contribution >= 0.6 is 0 Å². The maximum absolute atomic E-state index is 12.0. The number of hydrogen-bond acceptors (Lipinski definition) is 4. The van der Waals surface area contributed by atoms with Crippen LogP contribution in [0.2, 0.25) is 0 Å². The fourth-order valence-corrected chi connectivity index (χ4v) is 2.06. The Kier molecular flexibility index (Phi) is 8.55. The van der Waals surface area contributed by atoms with Gasteiger partial charge in [-0.25, -0.2) is 0 Å². The van der Waals surface area contributed by atoms with E-state index >= 15 is 0 Å². The van der Waals surface area contributed by atoms with Crippen LogP contribution in [0.4, 0.5) is 0 Å². The molecule has 0 atom stereocenters. The summed E-state index contributed by atoms with van der Waals surface area (Å²) < 4.78 is 10.1. The number of ketones is 1. The zero-order chi connectivity index (χ0) is 17.9. The summed E-state index contributed by atoms with van der Waals surface area (Å²) in [6.07, 6.45) is 4.36. The van der Waals surface area contributed by atoms with Crippen LogP contribution in [-0.4, -0.2) is 25.5 Å². The van der Waals surface area contributed by atoms with Gasteiger partial charge in [0.15, 0.2) is 5.78 Å². The first-order chi connectivity index (χ1) is 11.4. The summed E-state index contributed by atoms with van der Waals surface area (Å²) in [6, 6.07) is 6.66. The van der Waals surface area contributed by atoms with Gasteiger partial charge in [-0.15, -0.1) is 0 Å². The number of hydrogen-bond donors (Lipinski definition) is 0. The molecule has 0 saturated heterocycles. The third-order valence-electron chi connectivity index (χ3n) is 3.49. The largest absolute Gasteiger partial charge is 0.497 e. The first-order valence-electron chi connectivity index (χ1n) is 8.05. The second-order valence-electron chi connectivity index (χ2n) is 5.87. The lowest BCUT2D eigenvalue weighted by Crippen LogP contribution is -2.12. The number of esters is 1. The molecule has 4 heteroatoms. The minimum absolute atomic E-state index is 0.253. The molecule has 0 saturated carbocycles. The average Bonchev–Trinajstić information content (AvgIpc) is 2.54. The van der Waals surface area contributed by atoms with Gasteiger partial charge in [-0.3, -0.25) is 9.59 Å². The summed E-state index contributed by atoms with van der Waals surface area (Å²) in [4.78, 5) is 23.7. The third-order valence-corrected chi connectivity index (χ3v) is 3.49. The molecule has 1 aromatic carbocycles. The maximum Gasteiger partial charge on any atom is 0.313 e. The van der Waals surface area contributed by atoms with Crippen LogP contribution in [0.5, 0.6) is 5.75 Å². The van der Waals surface area contributed by atoms with Crippen molar-refractivity contribution < 1.29 is 19.1 Å². The lowest BCUT2D eigenvalue weighted by Gasteiger charge is -2.07. The quantitative estimate of drug-likeness (QED) is 0.274. The highest BCUT2D eigenvalue weighted by Crippen LogP contribution is 2.13. The van der Waals surface area contributed by atoms with Gasteiger partial charge in [0.25, 0.3) is 0 Å². The third kappa shape index (κ3) is 7.77. The Labute approximate surface area is 144 Å². The van der Waals surface area contributed by atoms with Crippen LogP contribution in [0, 0.1) is 0 Å². The summed E-state index contributed by atoms with van der Waals surface area (Å²) in [5, 5.41) is 0. The first-order valence-corrected chi connectivity index (χ1v) is 8.05.